The normalized spacial score (nSPS) is 12.9. The van der Waals surface area contributed by atoms with Gasteiger partial charge in [-0.25, -0.2) is 4.79 Å². The van der Waals surface area contributed by atoms with Crippen molar-refractivity contribution in [3.8, 4) is 0 Å². The van der Waals surface area contributed by atoms with Crippen molar-refractivity contribution in [2.75, 3.05) is 20.1 Å². The highest BCUT2D eigenvalue weighted by Crippen LogP contribution is 2.11. The molecule has 5 nitrogen and oxygen atoms in total. The molecule has 0 saturated carbocycles. The zero-order valence-corrected chi connectivity index (χ0v) is 18.5. The van der Waals surface area contributed by atoms with Crippen LogP contribution in [0.25, 0.3) is 0 Å². The maximum absolute atomic E-state index is 11.1. The molecule has 0 aromatic carbocycles. The maximum atomic E-state index is 11.1. The summed E-state index contributed by atoms with van der Waals surface area (Å²) in [5.74, 6) is 0. The molecule has 0 aliphatic carbocycles. The van der Waals surface area contributed by atoms with Gasteiger partial charge < -0.3 is 15.2 Å². The van der Waals surface area contributed by atoms with Gasteiger partial charge in [0.15, 0.2) is 0 Å². The standard InChI is InChI=1S/C24H42N2O3/c1-3-4-5-6-7-8-9-10-11-12-13-14-15-16-17-18-19-23(25-2)22-26(20-21-27)24(28)29/h4-5,7-8,10-11,21,23,25H,3,6,9,12-20,22H2,1-2H3,(H,28,29)/b5-4+,8-7+,11-10+. The molecule has 0 bridgehead atoms. The number of carbonyl (C=O) groups excluding carboxylic acids is 1. The first kappa shape index (κ1) is 27.1. The average Bonchev–Trinajstić information content (AvgIpc) is 2.71. The fourth-order valence-corrected chi connectivity index (χ4v) is 3.10. The van der Waals surface area contributed by atoms with Crippen LogP contribution in [0.15, 0.2) is 36.5 Å². The van der Waals surface area contributed by atoms with Gasteiger partial charge in [0.05, 0.1) is 6.54 Å². The lowest BCUT2D eigenvalue weighted by Crippen LogP contribution is -2.42. The number of carbonyl (C=O) groups is 2. The molecule has 0 spiro atoms. The number of nitrogens with zero attached hydrogens (tertiary/aromatic N) is 1. The average molecular weight is 407 g/mol. The van der Waals surface area contributed by atoms with Crippen molar-refractivity contribution < 1.29 is 14.7 Å². The molecule has 166 valence electrons. The predicted octanol–water partition coefficient (Wildman–Crippen LogP) is 5.73. The Kier molecular flexibility index (Phi) is 19.5. The third-order valence-electron chi connectivity index (χ3n) is 4.87. The van der Waals surface area contributed by atoms with Crippen LogP contribution < -0.4 is 5.32 Å². The maximum Gasteiger partial charge on any atom is 0.407 e. The highest BCUT2D eigenvalue weighted by Gasteiger charge is 2.16. The van der Waals surface area contributed by atoms with Gasteiger partial charge in [-0.15, -0.1) is 0 Å². The molecule has 0 aliphatic heterocycles. The first-order valence-electron chi connectivity index (χ1n) is 11.2. The lowest BCUT2D eigenvalue weighted by Gasteiger charge is -2.23. The molecule has 0 radical (unpaired) electrons. The summed E-state index contributed by atoms with van der Waals surface area (Å²) in [4.78, 5) is 22.8. The molecule has 5 heteroatoms. The summed E-state index contributed by atoms with van der Waals surface area (Å²) in [6, 6.07) is 0.105. The number of allylic oxidation sites excluding steroid dienone is 6. The van der Waals surface area contributed by atoms with Crippen molar-refractivity contribution >= 4 is 12.4 Å². The Hall–Kier alpha value is -1.88. The van der Waals surface area contributed by atoms with Crippen LogP contribution in [0.3, 0.4) is 0 Å². The SMILES string of the molecule is CC/C=C/C/C=C/C/C=C/CCCCCCCCC(CN(CC=O)C(=O)O)NC. The first-order chi connectivity index (χ1) is 14.2. The summed E-state index contributed by atoms with van der Waals surface area (Å²) in [5, 5.41) is 12.3. The minimum Gasteiger partial charge on any atom is -0.465 e. The molecule has 0 aromatic heterocycles. The smallest absolute Gasteiger partial charge is 0.407 e. The van der Waals surface area contributed by atoms with E-state index in [1.807, 2.05) is 7.05 Å². The Morgan fingerprint density at radius 1 is 0.931 bits per heavy atom. The third-order valence-corrected chi connectivity index (χ3v) is 4.87. The largest absolute Gasteiger partial charge is 0.465 e. The van der Waals surface area contributed by atoms with Crippen LogP contribution in [0.1, 0.15) is 77.6 Å². The summed E-state index contributed by atoms with van der Waals surface area (Å²) >= 11 is 0. The zero-order chi connectivity index (χ0) is 21.6. The Morgan fingerprint density at radius 2 is 1.52 bits per heavy atom. The third kappa shape index (κ3) is 17.9. The van der Waals surface area contributed by atoms with Crippen molar-refractivity contribution in [2.45, 2.75) is 83.6 Å². The van der Waals surface area contributed by atoms with Crippen LogP contribution in [0.5, 0.6) is 0 Å². The van der Waals surface area contributed by atoms with Crippen LogP contribution in [0.4, 0.5) is 4.79 Å². The van der Waals surface area contributed by atoms with E-state index < -0.39 is 6.09 Å². The summed E-state index contributed by atoms with van der Waals surface area (Å²) in [7, 11) is 1.85. The van der Waals surface area contributed by atoms with Crippen molar-refractivity contribution in [2.24, 2.45) is 0 Å². The Morgan fingerprint density at radius 3 is 2.10 bits per heavy atom. The number of aldehydes is 1. The van der Waals surface area contributed by atoms with Crippen LogP contribution >= 0.6 is 0 Å². The van der Waals surface area contributed by atoms with Crippen LogP contribution in [-0.4, -0.2) is 48.6 Å². The molecule has 0 fully saturated rings. The van der Waals surface area contributed by atoms with E-state index in [0.29, 0.717) is 12.8 Å². The molecule has 0 heterocycles. The highest BCUT2D eigenvalue weighted by atomic mass is 16.4. The van der Waals surface area contributed by atoms with Crippen molar-refractivity contribution in [3.63, 3.8) is 0 Å². The summed E-state index contributed by atoms with van der Waals surface area (Å²) in [6.07, 6.45) is 25.5. The quantitative estimate of drug-likeness (QED) is 0.163. The lowest BCUT2D eigenvalue weighted by atomic mass is 10.0. The van der Waals surface area contributed by atoms with Gasteiger partial charge in [-0.3, -0.25) is 4.90 Å². The number of likely N-dealkylation sites (N-methyl/N-ethyl adjacent to an activating group) is 1. The molecule has 1 unspecified atom stereocenters. The molecule has 29 heavy (non-hydrogen) atoms. The van der Waals surface area contributed by atoms with Crippen molar-refractivity contribution in [3.05, 3.63) is 36.5 Å². The van der Waals surface area contributed by atoms with Crippen LogP contribution in [0, 0.1) is 0 Å². The number of carboxylic acid groups (broad SMARTS) is 1. The van der Waals surface area contributed by atoms with Gasteiger partial charge in [-0.2, -0.15) is 0 Å². The summed E-state index contributed by atoms with van der Waals surface area (Å²) in [5.41, 5.74) is 0. The number of amides is 1. The van der Waals surface area contributed by atoms with E-state index in [0.717, 1.165) is 38.5 Å². The van der Waals surface area contributed by atoms with Crippen LogP contribution in [0.2, 0.25) is 0 Å². The van der Waals surface area contributed by atoms with E-state index >= 15 is 0 Å². The van der Waals surface area contributed by atoms with Gasteiger partial charge in [0.2, 0.25) is 0 Å². The minimum atomic E-state index is -1.04. The molecular formula is C24H42N2O3. The molecule has 0 saturated heterocycles. The summed E-state index contributed by atoms with van der Waals surface area (Å²) in [6.45, 7) is 2.45. The van der Waals surface area contributed by atoms with E-state index in [2.05, 4.69) is 48.7 Å². The lowest BCUT2D eigenvalue weighted by molar-refractivity contribution is -0.108. The number of hydrogen-bond donors (Lipinski definition) is 2. The number of rotatable bonds is 19. The van der Waals surface area contributed by atoms with Gasteiger partial charge in [0.1, 0.15) is 6.29 Å². The number of unbranched alkanes of at least 4 members (excludes halogenated alkanes) is 6. The van der Waals surface area contributed by atoms with Crippen LogP contribution in [-0.2, 0) is 4.79 Å². The highest BCUT2D eigenvalue weighted by molar-refractivity contribution is 5.69. The first-order valence-corrected chi connectivity index (χ1v) is 11.2. The van der Waals surface area contributed by atoms with Crippen molar-refractivity contribution in [1.82, 2.24) is 10.2 Å². The zero-order valence-electron chi connectivity index (χ0n) is 18.5. The fraction of sp³-hybridized carbons (Fsp3) is 0.667. The van der Waals surface area contributed by atoms with Gasteiger partial charge in [0, 0.05) is 12.6 Å². The Balaban J connectivity index is 3.61. The van der Waals surface area contributed by atoms with Gasteiger partial charge in [-0.1, -0.05) is 75.5 Å². The molecule has 1 atom stereocenters. The second kappa shape index (κ2) is 20.8. The van der Waals surface area contributed by atoms with Gasteiger partial charge in [0.25, 0.3) is 0 Å². The molecule has 0 aromatic rings. The molecular weight excluding hydrogens is 364 g/mol. The Bertz CT molecular complexity index is 487. The molecule has 0 aliphatic rings. The van der Waals surface area contributed by atoms with E-state index in [1.54, 1.807) is 0 Å². The van der Waals surface area contributed by atoms with Gasteiger partial charge >= 0.3 is 6.09 Å². The van der Waals surface area contributed by atoms with E-state index in [-0.39, 0.29) is 12.6 Å². The second-order valence-corrected chi connectivity index (χ2v) is 7.33. The number of hydrogen-bond acceptors (Lipinski definition) is 3. The van der Waals surface area contributed by atoms with E-state index in [9.17, 15) is 9.59 Å². The number of nitrogens with one attached hydrogen (secondary N) is 1. The minimum absolute atomic E-state index is 0.0610. The topological polar surface area (TPSA) is 69.6 Å². The molecule has 2 N–H and O–H groups in total. The summed E-state index contributed by atoms with van der Waals surface area (Å²) < 4.78 is 0. The Labute approximate surface area is 177 Å². The van der Waals surface area contributed by atoms with E-state index in [1.165, 1.54) is 37.0 Å². The second-order valence-electron chi connectivity index (χ2n) is 7.33. The molecule has 1 amide bonds. The monoisotopic (exact) mass is 406 g/mol. The van der Waals surface area contributed by atoms with Crippen molar-refractivity contribution in [1.29, 1.82) is 0 Å². The predicted molar refractivity (Wildman–Crippen MR) is 122 cm³/mol. The van der Waals surface area contributed by atoms with E-state index in [4.69, 9.17) is 5.11 Å². The van der Waals surface area contributed by atoms with Gasteiger partial charge in [-0.05, 0) is 45.6 Å². The molecule has 0 rings (SSSR count). The fourth-order valence-electron chi connectivity index (χ4n) is 3.10.